The fourth-order valence-corrected chi connectivity index (χ4v) is 3.34. The van der Waals surface area contributed by atoms with Crippen LogP contribution < -0.4 is 10.1 Å². The molecular formula is C24H22ClN5O2. The molecule has 0 aliphatic rings. The largest absolute Gasteiger partial charge is 0.438 e. The van der Waals surface area contributed by atoms with E-state index >= 15 is 0 Å². The first-order chi connectivity index (χ1) is 15.5. The number of hydrogen-bond acceptors (Lipinski definition) is 5. The number of halogens is 1. The molecule has 162 valence electrons. The molecule has 8 heteroatoms. The first-order valence-electron chi connectivity index (χ1n) is 10.1. The summed E-state index contributed by atoms with van der Waals surface area (Å²) in [5.74, 6) is 1.58. The number of aryl methyl sites for hydroxylation is 2. The van der Waals surface area contributed by atoms with Crippen molar-refractivity contribution in [2.75, 3.05) is 5.32 Å². The van der Waals surface area contributed by atoms with Gasteiger partial charge in [-0.1, -0.05) is 23.7 Å². The molecule has 0 saturated carbocycles. The number of carbonyl (C=O) groups is 1. The molecule has 0 aliphatic heterocycles. The van der Waals surface area contributed by atoms with Gasteiger partial charge in [0, 0.05) is 28.9 Å². The van der Waals surface area contributed by atoms with E-state index in [1.807, 2.05) is 48.7 Å². The van der Waals surface area contributed by atoms with E-state index in [1.54, 1.807) is 36.7 Å². The average Bonchev–Trinajstić information content (AvgIpc) is 3.13. The lowest BCUT2D eigenvalue weighted by atomic mass is 10.1. The molecule has 0 spiro atoms. The van der Waals surface area contributed by atoms with Crippen LogP contribution in [0.4, 0.5) is 5.69 Å². The summed E-state index contributed by atoms with van der Waals surface area (Å²) in [6, 6.07) is 18.2. The monoisotopic (exact) mass is 447 g/mol. The Morgan fingerprint density at radius 1 is 1.06 bits per heavy atom. The number of rotatable bonds is 7. The maximum absolute atomic E-state index is 12.2. The average molecular weight is 448 g/mol. The van der Waals surface area contributed by atoms with Crippen LogP contribution in [0.3, 0.4) is 0 Å². The summed E-state index contributed by atoms with van der Waals surface area (Å²) in [7, 11) is 0. The third-order valence-electron chi connectivity index (χ3n) is 5.01. The van der Waals surface area contributed by atoms with Crippen LogP contribution in [0.15, 0.2) is 67.0 Å². The van der Waals surface area contributed by atoms with Gasteiger partial charge in [-0.25, -0.2) is 4.98 Å². The van der Waals surface area contributed by atoms with Crippen LogP contribution in [0.5, 0.6) is 11.6 Å². The molecule has 1 N–H and O–H groups in total. The molecule has 0 bridgehead atoms. The third-order valence-corrected chi connectivity index (χ3v) is 5.25. The van der Waals surface area contributed by atoms with Gasteiger partial charge < -0.3 is 10.1 Å². The van der Waals surface area contributed by atoms with E-state index in [1.165, 1.54) is 0 Å². The van der Waals surface area contributed by atoms with Gasteiger partial charge in [-0.2, -0.15) is 0 Å². The summed E-state index contributed by atoms with van der Waals surface area (Å²) in [5, 5.41) is 11.9. The van der Waals surface area contributed by atoms with Gasteiger partial charge in [0.2, 0.25) is 11.8 Å². The van der Waals surface area contributed by atoms with Gasteiger partial charge in [-0.15, -0.1) is 10.2 Å². The van der Waals surface area contributed by atoms with Gasteiger partial charge in [-0.05, 0) is 68.3 Å². The highest BCUT2D eigenvalue weighted by Crippen LogP contribution is 2.22. The minimum absolute atomic E-state index is 0.0647. The van der Waals surface area contributed by atoms with E-state index in [-0.39, 0.29) is 5.91 Å². The van der Waals surface area contributed by atoms with E-state index in [2.05, 4.69) is 20.5 Å². The Balaban J connectivity index is 1.31. The van der Waals surface area contributed by atoms with Gasteiger partial charge in [0.25, 0.3) is 0 Å². The molecule has 2 heterocycles. The second kappa shape index (κ2) is 9.62. The summed E-state index contributed by atoms with van der Waals surface area (Å²) in [4.78, 5) is 16.5. The van der Waals surface area contributed by atoms with E-state index in [4.69, 9.17) is 16.3 Å². The van der Waals surface area contributed by atoms with Crippen LogP contribution in [-0.4, -0.2) is 25.7 Å². The van der Waals surface area contributed by atoms with Crippen LogP contribution in [0.25, 0.3) is 5.82 Å². The molecule has 2 aromatic heterocycles. The molecule has 7 nitrogen and oxygen atoms in total. The molecule has 1 amide bonds. The lowest BCUT2D eigenvalue weighted by molar-refractivity contribution is -0.116. The molecule has 2 aromatic carbocycles. The quantitative estimate of drug-likeness (QED) is 0.416. The zero-order chi connectivity index (χ0) is 22.5. The fraction of sp³-hybridized carbons (Fsp3) is 0.167. The topological polar surface area (TPSA) is 81.9 Å². The first kappa shape index (κ1) is 21.5. The highest BCUT2D eigenvalue weighted by atomic mass is 35.5. The molecule has 0 saturated heterocycles. The molecule has 4 aromatic rings. The molecule has 4 rings (SSSR count). The number of benzene rings is 2. The van der Waals surface area contributed by atoms with Gasteiger partial charge in [0.1, 0.15) is 12.1 Å². The van der Waals surface area contributed by atoms with Crippen molar-refractivity contribution >= 4 is 23.2 Å². The molecule has 0 unspecified atom stereocenters. The Morgan fingerprint density at radius 2 is 1.88 bits per heavy atom. The van der Waals surface area contributed by atoms with Crippen molar-refractivity contribution in [1.82, 2.24) is 19.7 Å². The lowest BCUT2D eigenvalue weighted by Crippen LogP contribution is -2.12. The zero-order valence-electron chi connectivity index (χ0n) is 17.7. The molecule has 0 fully saturated rings. The van der Waals surface area contributed by atoms with E-state index < -0.39 is 0 Å². The number of imidazole rings is 1. The highest BCUT2D eigenvalue weighted by Gasteiger charge is 2.08. The maximum atomic E-state index is 12.2. The first-order valence-corrected chi connectivity index (χ1v) is 10.5. The summed E-state index contributed by atoms with van der Waals surface area (Å²) < 4.78 is 7.63. The number of carbonyl (C=O) groups excluding carboxylic acids is 1. The summed E-state index contributed by atoms with van der Waals surface area (Å²) in [6.45, 7) is 3.92. The number of hydrogen-bond donors (Lipinski definition) is 1. The van der Waals surface area contributed by atoms with Crippen LogP contribution in [0.1, 0.15) is 23.4 Å². The highest BCUT2D eigenvalue weighted by molar-refractivity contribution is 6.30. The summed E-state index contributed by atoms with van der Waals surface area (Å²) in [5.41, 5.74) is 3.68. The van der Waals surface area contributed by atoms with Crippen LogP contribution in [-0.2, 0) is 11.2 Å². The number of anilines is 1. The van der Waals surface area contributed by atoms with Crippen molar-refractivity contribution < 1.29 is 9.53 Å². The predicted molar refractivity (Wildman–Crippen MR) is 124 cm³/mol. The van der Waals surface area contributed by atoms with Crippen molar-refractivity contribution in [3.63, 3.8) is 0 Å². The van der Waals surface area contributed by atoms with Crippen molar-refractivity contribution in [3.05, 3.63) is 89.0 Å². The fourth-order valence-electron chi connectivity index (χ4n) is 3.13. The lowest BCUT2D eigenvalue weighted by Gasteiger charge is -2.08. The van der Waals surface area contributed by atoms with Crippen LogP contribution >= 0.6 is 11.6 Å². The SMILES string of the molecule is Cc1ncn(-c2ccc(Oc3ccc(NC(=O)CCc4cccc(Cl)c4)cc3)nn2)c1C. The third kappa shape index (κ3) is 5.31. The number of ether oxygens (including phenoxy) is 1. The Morgan fingerprint density at radius 3 is 2.53 bits per heavy atom. The standard InChI is InChI=1S/C24H22ClN5O2/c1-16-17(2)30(15-26-16)22-11-13-24(29-28-22)32-21-9-7-20(8-10-21)27-23(31)12-6-18-4-3-5-19(25)14-18/h3-5,7-11,13-15H,6,12H2,1-2H3,(H,27,31). The normalized spacial score (nSPS) is 10.7. The van der Waals surface area contributed by atoms with Gasteiger partial charge in [-0.3, -0.25) is 9.36 Å². The molecule has 32 heavy (non-hydrogen) atoms. The number of aromatic nitrogens is 4. The van der Waals surface area contributed by atoms with Crippen molar-refractivity contribution in [2.45, 2.75) is 26.7 Å². The maximum Gasteiger partial charge on any atom is 0.238 e. The second-order valence-corrected chi connectivity index (χ2v) is 7.76. The molecule has 0 aliphatic carbocycles. The minimum Gasteiger partial charge on any atom is -0.438 e. The smallest absolute Gasteiger partial charge is 0.238 e. The second-order valence-electron chi connectivity index (χ2n) is 7.32. The summed E-state index contributed by atoms with van der Waals surface area (Å²) >= 11 is 5.98. The van der Waals surface area contributed by atoms with Crippen LogP contribution in [0, 0.1) is 13.8 Å². The van der Waals surface area contributed by atoms with E-state index in [0.717, 1.165) is 17.0 Å². The molecule has 0 atom stereocenters. The Bertz CT molecular complexity index is 1220. The Hall–Kier alpha value is -3.71. The van der Waals surface area contributed by atoms with E-state index in [9.17, 15) is 4.79 Å². The number of nitrogens with one attached hydrogen (secondary N) is 1. The predicted octanol–water partition coefficient (Wildman–Crippen LogP) is 5.30. The summed E-state index contributed by atoms with van der Waals surface area (Å²) in [6.07, 6.45) is 2.72. The van der Waals surface area contributed by atoms with Gasteiger partial charge in [0.05, 0.1) is 5.69 Å². The van der Waals surface area contributed by atoms with Gasteiger partial charge in [0.15, 0.2) is 5.82 Å². The van der Waals surface area contributed by atoms with Crippen LogP contribution in [0.2, 0.25) is 5.02 Å². The minimum atomic E-state index is -0.0647. The molecule has 0 radical (unpaired) electrons. The zero-order valence-corrected chi connectivity index (χ0v) is 18.5. The van der Waals surface area contributed by atoms with Crippen molar-refractivity contribution in [1.29, 1.82) is 0 Å². The van der Waals surface area contributed by atoms with Crippen molar-refractivity contribution in [3.8, 4) is 17.4 Å². The Kier molecular flexibility index (Phi) is 6.47. The van der Waals surface area contributed by atoms with Crippen molar-refractivity contribution in [2.24, 2.45) is 0 Å². The molecular weight excluding hydrogens is 426 g/mol. The number of nitrogens with zero attached hydrogens (tertiary/aromatic N) is 4. The van der Waals surface area contributed by atoms with Gasteiger partial charge >= 0.3 is 0 Å². The Labute approximate surface area is 191 Å². The van der Waals surface area contributed by atoms with E-state index in [0.29, 0.717) is 41.0 Å². The number of amides is 1.